The van der Waals surface area contributed by atoms with Gasteiger partial charge in [0.2, 0.25) is 0 Å². The van der Waals surface area contributed by atoms with Crippen LogP contribution >= 0.6 is 11.6 Å². The zero-order valence-corrected chi connectivity index (χ0v) is 15.2. The van der Waals surface area contributed by atoms with Gasteiger partial charge in [-0.05, 0) is 35.9 Å². The maximum atomic E-state index is 11.0. The number of hydrogen-bond donors (Lipinski definition) is 1. The van der Waals surface area contributed by atoms with Crippen molar-refractivity contribution in [3.63, 3.8) is 0 Å². The maximum absolute atomic E-state index is 11.0. The molecule has 0 bridgehead atoms. The van der Waals surface area contributed by atoms with E-state index in [1.54, 1.807) is 12.4 Å². The van der Waals surface area contributed by atoms with Gasteiger partial charge in [-0.2, -0.15) is 0 Å². The number of amides is 1. The summed E-state index contributed by atoms with van der Waals surface area (Å²) in [5.41, 5.74) is 2.67. The molecule has 0 aliphatic carbocycles. The van der Waals surface area contributed by atoms with Gasteiger partial charge < -0.3 is 10.1 Å². The first-order valence-electron chi connectivity index (χ1n) is 8.36. The third-order valence-electron chi connectivity index (χ3n) is 3.69. The molecule has 0 spiro atoms. The predicted molar refractivity (Wildman–Crippen MR) is 105 cm³/mol. The van der Waals surface area contributed by atoms with Crippen molar-refractivity contribution in [3.05, 3.63) is 101 Å². The van der Waals surface area contributed by atoms with Crippen molar-refractivity contribution in [2.45, 2.75) is 6.04 Å². The van der Waals surface area contributed by atoms with Gasteiger partial charge in [0, 0.05) is 28.5 Å². The molecule has 2 aromatic carbocycles. The number of carbonyl (C=O) groups excluding carboxylic acids is 1. The Kier molecular flexibility index (Phi) is 6.45. The van der Waals surface area contributed by atoms with Gasteiger partial charge in [0.1, 0.15) is 6.61 Å². The number of nitrogens with zero attached hydrogens (tertiary/aromatic N) is 1. The molecule has 1 aliphatic rings. The van der Waals surface area contributed by atoms with Gasteiger partial charge in [-0.15, -0.1) is 0 Å². The fraction of sp³-hybridized carbons (Fsp3) is 0.0909. The maximum Gasteiger partial charge on any atom is 0.407 e. The molecule has 134 valence electrons. The van der Waals surface area contributed by atoms with Crippen LogP contribution in [-0.4, -0.2) is 17.7 Å². The van der Waals surface area contributed by atoms with Crippen LogP contribution < -0.4 is 5.32 Å². The first-order chi connectivity index (χ1) is 13.2. The first-order valence-corrected chi connectivity index (χ1v) is 8.74. The Morgan fingerprint density at radius 3 is 2.22 bits per heavy atom. The average molecular weight is 377 g/mol. The zero-order chi connectivity index (χ0) is 18.9. The number of nitrogens with one attached hydrogen (secondary N) is 1. The van der Waals surface area contributed by atoms with Gasteiger partial charge in [0.15, 0.2) is 0 Å². The Bertz CT molecular complexity index is 950. The summed E-state index contributed by atoms with van der Waals surface area (Å²) in [4.78, 5) is 15.2. The number of cyclic esters (lactones) is 1. The molecule has 1 fully saturated rings. The highest BCUT2D eigenvalue weighted by molar-refractivity contribution is 6.30. The van der Waals surface area contributed by atoms with Crippen LogP contribution in [-0.2, 0) is 4.74 Å². The van der Waals surface area contributed by atoms with Crippen LogP contribution in [0.4, 0.5) is 4.79 Å². The summed E-state index contributed by atoms with van der Waals surface area (Å²) >= 11 is 5.54. The van der Waals surface area contributed by atoms with E-state index >= 15 is 0 Å². The second-order valence-corrected chi connectivity index (χ2v) is 6.15. The number of carbonyl (C=O) groups is 1. The minimum Gasteiger partial charge on any atom is -0.447 e. The number of pyridine rings is 1. The second-order valence-electron chi connectivity index (χ2n) is 5.71. The van der Waals surface area contributed by atoms with Crippen LogP contribution in [0.15, 0.2) is 79.1 Å². The third kappa shape index (κ3) is 5.88. The molecule has 1 unspecified atom stereocenters. The van der Waals surface area contributed by atoms with E-state index in [1.807, 2.05) is 66.7 Å². The minimum atomic E-state index is -0.393. The highest BCUT2D eigenvalue weighted by Crippen LogP contribution is 2.17. The fourth-order valence-corrected chi connectivity index (χ4v) is 2.51. The summed E-state index contributed by atoms with van der Waals surface area (Å²) < 4.78 is 4.88. The van der Waals surface area contributed by atoms with Crippen molar-refractivity contribution in [3.8, 4) is 11.8 Å². The van der Waals surface area contributed by atoms with Crippen molar-refractivity contribution in [2.24, 2.45) is 0 Å². The van der Waals surface area contributed by atoms with E-state index in [0.717, 1.165) is 21.7 Å². The predicted octanol–water partition coefficient (Wildman–Crippen LogP) is 4.60. The van der Waals surface area contributed by atoms with Crippen LogP contribution in [0.25, 0.3) is 0 Å². The summed E-state index contributed by atoms with van der Waals surface area (Å²) in [6.07, 6.45) is 3.03. The molecule has 3 aromatic rings. The molecule has 27 heavy (non-hydrogen) atoms. The quantitative estimate of drug-likeness (QED) is 0.631. The van der Waals surface area contributed by atoms with Crippen molar-refractivity contribution in [2.75, 3.05) is 6.61 Å². The second kappa shape index (κ2) is 9.42. The van der Waals surface area contributed by atoms with Crippen molar-refractivity contribution in [1.82, 2.24) is 10.3 Å². The summed E-state index contributed by atoms with van der Waals surface area (Å²) in [6, 6.07) is 21.0. The van der Waals surface area contributed by atoms with Gasteiger partial charge in [0.25, 0.3) is 0 Å². The van der Waals surface area contributed by atoms with Gasteiger partial charge in [-0.25, -0.2) is 4.79 Å². The highest BCUT2D eigenvalue weighted by Gasteiger charge is 2.23. The molecular formula is C22H17ClN2O2. The molecule has 1 saturated heterocycles. The van der Waals surface area contributed by atoms with E-state index in [0.29, 0.717) is 6.61 Å². The van der Waals surface area contributed by atoms with Crippen molar-refractivity contribution in [1.29, 1.82) is 0 Å². The Labute approximate surface area is 163 Å². The van der Waals surface area contributed by atoms with Crippen molar-refractivity contribution < 1.29 is 9.53 Å². The zero-order valence-electron chi connectivity index (χ0n) is 14.4. The number of alkyl carbamates (subject to hydrolysis) is 1. The number of rotatable bonds is 1. The Morgan fingerprint density at radius 1 is 0.963 bits per heavy atom. The normalized spacial score (nSPS) is 14.7. The van der Waals surface area contributed by atoms with E-state index < -0.39 is 6.09 Å². The molecule has 5 heteroatoms. The molecule has 1 N–H and O–H groups in total. The lowest BCUT2D eigenvalue weighted by Gasteiger charge is -2.06. The molecule has 0 saturated carbocycles. The van der Waals surface area contributed by atoms with Crippen LogP contribution in [0, 0.1) is 11.8 Å². The molecule has 2 heterocycles. The smallest absolute Gasteiger partial charge is 0.407 e. The highest BCUT2D eigenvalue weighted by atomic mass is 35.5. The van der Waals surface area contributed by atoms with Crippen LogP contribution in [0.5, 0.6) is 0 Å². The lowest BCUT2D eigenvalue weighted by Crippen LogP contribution is -2.18. The number of halogens is 1. The van der Waals surface area contributed by atoms with E-state index in [4.69, 9.17) is 16.3 Å². The van der Waals surface area contributed by atoms with Gasteiger partial charge in [-0.3, -0.25) is 4.98 Å². The molecule has 1 atom stereocenters. The van der Waals surface area contributed by atoms with E-state index in [1.165, 1.54) is 0 Å². The van der Waals surface area contributed by atoms with Crippen LogP contribution in [0.1, 0.15) is 22.7 Å². The monoisotopic (exact) mass is 376 g/mol. The standard InChI is InChI=1S/C16H12N2O2.C6H5Cl/c19-16-18-15(11-20-16)14-8-13(9-17-10-14)7-6-12-4-2-1-3-5-12;7-6-4-2-1-3-5-6/h1-5,8-10,15H,11H2,(H,18,19);1-5H. The van der Waals surface area contributed by atoms with Crippen LogP contribution in [0.2, 0.25) is 5.02 Å². The topological polar surface area (TPSA) is 51.2 Å². The van der Waals surface area contributed by atoms with Gasteiger partial charge in [0.05, 0.1) is 6.04 Å². The van der Waals surface area contributed by atoms with E-state index in [9.17, 15) is 4.79 Å². The summed E-state index contributed by atoms with van der Waals surface area (Å²) in [5, 5.41) is 3.52. The average Bonchev–Trinajstić information content (AvgIpc) is 3.15. The number of benzene rings is 2. The molecule has 4 nitrogen and oxygen atoms in total. The summed E-state index contributed by atoms with van der Waals surface area (Å²) in [6.45, 7) is 0.329. The molecular weight excluding hydrogens is 360 g/mol. The fourth-order valence-electron chi connectivity index (χ4n) is 2.36. The Morgan fingerprint density at radius 2 is 1.63 bits per heavy atom. The SMILES string of the molecule is Clc1ccccc1.O=C1NC(c2cncc(C#Cc3ccccc3)c2)CO1. The lowest BCUT2D eigenvalue weighted by atomic mass is 10.1. The molecule has 1 amide bonds. The number of ether oxygens (including phenoxy) is 1. The molecule has 0 radical (unpaired) electrons. The molecule has 1 aromatic heterocycles. The van der Waals surface area contributed by atoms with Crippen LogP contribution in [0.3, 0.4) is 0 Å². The van der Waals surface area contributed by atoms with Crippen molar-refractivity contribution >= 4 is 17.7 Å². The lowest BCUT2D eigenvalue weighted by molar-refractivity contribution is 0.177. The summed E-state index contributed by atoms with van der Waals surface area (Å²) in [5.74, 6) is 6.15. The van der Waals surface area contributed by atoms with Gasteiger partial charge >= 0.3 is 6.09 Å². The van der Waals surface area contributed by atoms with E-state index in [-0.39, 0.29) is 6.04 Å². The first kappa shape index (κ1) is 18.5. The largest absolute Gasteiger partial charge is 0.447 e. The third-order valence-corrected chi connectivity index (χ3v) is 3.94. The summed E-state index contributed by atoms with van der Waals surface area (Å²) in [7, 11) is 0. The Hall–Kier alpha value is -3.29. The number of hydrogen-bond acceptors (Lipinski definition) is 3. The van der Waals surface area contributed by atoms with E-state index in [2.05, 4.69) is 22.1 Å². The molecule has 1 aliphatic heterocycles. The minimum absolute atomic E-state index is 0.145. The Balaban J connectivity index is 0.000000253. The molecule has 4 rings (SSSR count). The van der Waals surface area contributed by atoms with Gasteiger partial charge in [-0.1, -0.05) is 59.8 Å². The number of aromatic nitrogens is 1.